The van der Waals surface area contributed by atoms with Gasteiger partial charge in [-0.1, -0.05) is 54.6 Å². The highest BCUT2D eigenvalue weighted by molar-refractivity contribution is 5.96. The van der Waals surface area contributed by atoms with Crippen LogP contribution in [0.25, 0.3) is 12.2 Å². The molecule has 0 fully saturated rings. The maximum Gasteiger partial charge on any atom is 0.322 e. The number of carbonyl (C=O) groups is 2. The third-order valence-electron chi connectivity index (χ3n) is 2.99. The van der Waals surface area contributed by atoms with E-state index in [0.717, 1.165) is 5.56 Å². The van der Waals surface area contributed by atoms with Crippen molar-refractivity contribution >= 4 is 24.1 Å². The zero-order valence-electron chi connectivity index (χ0n) is 11.1. The first kappa shape index (κ1) is 13.1. The first-order valence-electron chi connectivity index (χ1n) is 6.50. The molecule has 0 aromatic heterocycles. The van der Waals surface area contributed by atoms with Crippen molar-refractivity contribution < 1.29 is 19.1 Å². The molecule has 2 aromatic rings. The summed E-state index contributed by atoms with van der Waals surface area (Å²) < 4.78 is 10.3. The Labute approximate surface area is 121 Å². The number of carbonyl (C=O) groups excluding carboxylic acids is 2. The lowest BCUT2D eigenvalue weighted by Gasteiger charge is -2.07. The highest BCUT2D eigenvalue weighted by atomic mass is 16.6. The zero-order chi connectivity index (χ0) is 14.7. The Hall–Kier alpha value is -2.88. The SMILES string of the molecule is O=C1CC(=O)Oc2c(/C=C/c3ccccc3)cccc2O1. The monoisotopic (exact) mass is 280 g/mol. The fourth-order valence-corrected chi connectivity index (χ4v) is 2.03. The minimum Gasteiger partial charge on any atom is -0.422 e. The Bertz CT molecular complexity index is 717. The number of benzene rings is 2. The van der Waals surface area contributed by atoms with Gasteiger partial charge >= 0.3 is 11.9 Å². The molecular weight excluding hydrogens is 268 g/mol. The third-order valence-corrected chi connectivity index (χ3v) is 2.99. The van der Waals surface area contributed by atoms with Crippen LogP contribution in [0.2, 0.25) is 0 Å². The van der Waals surface area contributed by atoms with Gasteiger partial charge in [0.05, 0.1) is 0 Å². The van der Waals surface area contributed by atoms with E-state index in [0.29, 0.717) is 5.56 Å². The molecule has 2 aromatic carbocycles. The van der Waals surface area contributed by atoms with E-state index in [1.807, 2.05) is 42.5 Å². The predicted molar refractivity (Wildman–Crippen MR) is 77.7 cm³/mol. The molecule has 3 rings (SSSR count). The maximum absolute atomic E-state index is 11.5. The van der Waals surface area contributed by atoms with Gasteiger partial charge in [0.15, 0.2) is 11.5 Å². The van der Waals surface area contributed by atoms with Crippen molar-refractivity contribution in [1.29, 1.82) is 0 Å². The second-order valence-electron chi connectivity index (χ2n) is 4.54. The van der Waals surface area contributed by atoms with Crippen molar-refractivity contribution in [3.8, 4) is 11.5 Å². The summed E-state index contributed by atoms with van der Waals surface area (Å²) >= 11 is 0. The standard InChI is InChI=1S/C17H12O4/c18-15-11-16(19)21-17-13(7-4-8-14(17)20-15)10-9-12-5-2-1-3-6-12/h1-10H,11H2/b10-9+. The van der Waals surface area contributed by atoms with Gasteiger partial charge in [-0.05, 0) is 11.6 Å². The van der Waals surface area contributed by atoms with Crippen LogP contribution in [0.3, 0.4) is 0 Å². The van der Waals surface area contributed by atoms with Gasteiger partial charge in [-0.3, -0.25) is 9.59 Å². The van der Waals surface area contributed by atoms with E-state index in [9.17, 15) is 9.59 Å². The summed E-state index contributed by atoms with van der Waals surface area (Å²) in [5, 5.41) is 0. The van der Waals surface area contributed by atoms with E-state index >= 15 is 0 Å². The molecule has 1 aliphatic heterocycles. The number of hydrogen-bond acceptors (Lipinski definition) is 4. The Morgan fingerprint density at radius 2 is 1.57 bits per heavy atom. The molecule has 0 N–H and O–H groups in total. The number of esters is 2. The van der Waals surface area contributed by atoms with Crippen LogP contribution in [0, 0.1) is 0 Å². The Morgan fingerprint density at radius 1 is 0.810 bits per heavy atom. The van der Waals surface area contributed by atoms with Gasteiger partial charge in [0.25, 0.3) is 0 Å². The summed E-state index contributed by atoms with van der Waals surface area (Å²) in [5.74, 6) is -0.677. The third kappa shape index (κ3) is 3.00. The predicted octanol–water partition coefficient (Wildman–Crippen LogP) is 3.07. The average molecular weight is 280 g/mol. The van der Waals surface area contributed by atoms with Gasteiger partial charge in [0, 0.05) is 5.56 Å². The first-order valence-corrected chi connectivity index (χ1v) is 6.50. The molecule has 4 heteroatoms. The lowest BCUT2D eigenvalue weighted by Crippen LogP contribution is -2.13. The van der Waals surface area contributed by atoms with Gasteiger partial charge < -0.3 is 9.47 Å². The van der Waals surface area contributed by atoms with Crippen LogP contribution in [0.5, 0.6) is 11.5 Å². The van der Waals surface area contributed by atoms with Gasteiger partial charge in [-0.2, -0.15) is 0 Å². The molecule has 0 saturated carbocycles. The quantitative estimate of drug-likeness (QED) is 0.367. The molecule has 0 unspecified atom stereocenters. The van der Waals surface area contributed by atoms with Crippen molar-refractivity contribution in [1.82, 2.24) is 0 Å². The van der Waals surface area contributed by atoms with Crippen LogP contribution in [0.4, 0.5) is 0 Å². The van der Waals surface area contributed by atoms with Crippen molar-refractivity contribution in [2.24, 2.45) is 0 Å². The maximum atomic E-state index is 11.5. The Balaban J connectivity index is 1.97. The lowest BCUT2D eigenvalue weighted by atomic mass is 10.1. The number of fused-ring (bicyclic) bond motifs is 1. The number of rotatable bonds is 2. The molecule has 0 atom stereocenters. The molecule has 0 radical (unpaired) electrons. The second-order valence-corrected chi connectivity index (χ2v) is 4.54. The van der Waals surface area contributed by atoms with Crippen molar-refractivity contribution in [2.75, 3.05) is 0 Å². The van der Waals surface area contributed by atoms with Crippen LogP contribution in [0.15, 0.2) is 48.5 Å². The molecule has 0 bridgehead atoms. The fourth-order valence-electron chi connectivity index (χ4n) is 2.03. The van der Waals surface area contributed by atoms with E-state index in [-0.39, 0.29) is 17.9 Å². The van der Waals surface area contributed by atoms with Crippen molar-refractivity contribution in [2.45, 2.75) is 6.42 Å². The largest absolute Gasteiger partial charge is 0.422 e. The zero-order valence-corrected chi connectivity index (χ0v) is 11.1. The first-order chi connectivity index (χ1) is 10.2. The smallest absolute Gasteiger partial charge is 0.322 e. The lowest BCUT2D eigenvalue weighted by molar-refractivity contribution is -0.142. The summed E-state index contributed by atoms with van der Waals surface area (Å²) in [4.78, 5) is 22.9. The minimum absolute atomic E-state index is 0.265. The van der Waals surface area contributed by atoms with Crippen LogP contribution < -0.4 is 9.47 Å². The van der Waals surface area contributed by atoms with Crippen LogP contribution in [-0.4, -0.2) is 11.9 Å². The van der Waals surface area contributed by atoms with E-state index in [4.69, 9.17) is 9.47 Å². The molecule has 21 heavy (non-hydrogen) atoms. The summed E-state index contributed by atoms with van der Waals surface area (Å²) in [6.07, 6.45) is 3.34. The normalized spacial score (nSPS) is 14.3. The molecule has 4 nitrogen and oxygen atoms in total. The Morgan fingerprint density at radius 3 is 2.38 bits per heavy atom. The molecule has 104 valence electrons. The second kappa shape index (κ2) is 5.63. The van der Waals surface area contributed by atoms with Gasteiger partial charge in [0.2, 0.25) is 0 Å². The van der Waals surface area contributed by atoms with Crippen LogP contribution in [0.1, 0.15) is 17.5 Å². The molecule has 1 aliphatic rings. The van der Waals surface area contributed by atoms with E-state index < -0.39 is 11.9 Å². The highest BCUT2D eigenvalue weighted by Crippen LogP contribution is 2.34. The summed E-state index contributed by atoms with van der Waals surface area (Å²) in [6, 6.07) is 14.9. The molecule has 0 amide bonds. The van der Waals surface area contributed by atoms with E-state index in [1.165, 1.54) is 0 Å². The van der Waals surface area contributed by atoms with Crippen LogP contribution in [-0.2, 0) is 9.59 Å². The summed E-state index contributed by atoms with van der Waals surface area (Å²) in [6.45, 7) is 0. The Kier molecular flexibility index (Phi) is 3.51. The molecular formula is C17H12O4. The number of hydrogen-bond donors (Lipinski definition) is 0. The van der Waals surface area contributed by atoms with E-state index in [2.05, 4.69) is 0 Å². The van der Waals surface area contributed by atoms with Crippen molar-refractivity contribution in [3.05, 3.63) is 59.7 Å². The fraction of sp³-hybridized carbons (Fsp3) is 0.0588. The summed E-state index contributed by atoms with van der Waals surface area (Å²) in [7, 11) is 0. The highest BCUT2D eigenvalue weighted by Gasteiger charge is 2.23. The topological polar surface area (TPSA) is 52.6 Å². The summed E-state index contributed by atoms with van der Waals surface area (Å²) in [5.41, 5.74) is 1.70. The molecule has 0 aliphatic carbocycles. The number of para-hydroxylation sites is 1. The van der Waals surface area contributed by atoms with Gasteiger partial charge in [-0.25, -0.2) is 0 Å². The van der Waals surface area contributed by atoms with E-state index in [1.54, 1.807) is 18.2 Å². The molecule has 0 saturated heterocycles. The average Bonchev–Trinajstić information content (AvgIpc) is 2.63. The van der Waals surface area contributed by atoms with Crippen LogP contribution >= 0.6 is 0 Å². The molecule has 1 heterocycles. The van der Waals surface area contributed by atoms with Gasteiger partial charge in [-0.15, -0.1) is 0 Å². The molecule has 0 spiro atoms. The number of ether oxygens (including phenoxy) is 2. The van der Waals surface area contributed by atoms with Crippen molar-refractivity contribution in [3.63, 3.8) is 0 Å². The minimum atomic E-state index is -0.612. The van der Waals surface area contributed by atoms with Gasteiger partial charge in [0.1, 0.15) is 6.42 Å².